The summed E-state index contributed by atoms with van der Waals surface area (Å²) in [6.45, 7) is 1.51. The molecule has 0 aromatic heterocycles. The molecule has 0 atom stereocenters. The smallest absolute Gasteiger partial charge is 0.197 e. The average molecular weight is 297 g/mol. The highest BCUT2D eigenvalue weighted by Gasteiger charge is 2.18. The van der Waals surface area contributed by atoms with E-state index in [2.05, 4.69) is 0 Å². The molecule has 104 valence electrons. The van der Waals surface area contributed by atoms with Gasteiger partial charge in [0.15, 0.2) is 5.78 Å². The second-order valence-corrected chi connectivity index (χ2v) is 4.66. The molecule has 0 saturated heterocycles. The molecule has 0 saturated carbocycles. The lowest BCUT2D eigenvalue weighted by atomic mass is 10.0. The molecular weight excluding hydrogens is 286 g/mol. The largest absolute Gasteiger partial charge is 0.497 e. The van der Waals surface area contributed by atoms with Gasteiger partial charge in [0.25, 0.3) is 0 Å². The van der Waals surface area contributed by atoms with Crippen LogP contribution in [0.1, 0.15) is 21.5 Å². The molecule has 0 fully saturated rings. The van der Waals surface area contributed by atoms with E-state index < -0.39 is 17.4 Å². The van der Waals surface area contributed by atoms with Crippen LogP contribution >= 0.6 is 11.6 Å². The van der Waals surface area contributed by atoms with E-state index in [1.54, 1.807) is 0 Å². The summed E-state index contributed by atoms with van der Waals surface area (Å²) < 4.78 is 32.1. The van der Waals surface area contributed by atoms with Crippen LogP contribution in [0.5, 0.6) is 5.75 Å². The van der Waals surface area contributed by atoms with Crippen LogP contribution in [0.2, 0.25) is 5.02 Å². The molecule has 0 amide bonds. The fourth-order valence-electron chi connectivity index (χ4n) is 1.78. The number of ketones is 1. The Balaban J connectivity index is 2.49. The molecule has 0 aliphatic heterocycles. The van der Waals surface area contributed by atoms with E-state index in [0.717, 1.165) is 12.1 Å². The van der Waals surface area contributed by atoms with Gasteiger partial charge in [-0.1, -0.05) is 11.6 Å². The molecule has 0 radical (unpaired) electrons. The van der Waals surface area contributed by atoms with Gasteiger partial charge in [-0.15, -0.1) is 0 Å². The number of benzene rings is 2. The zero-order valence-corrected chi connectivity index (χ0v) is 11.6. The molecule has 2 aromatic carbocycles. The molecular formula is C15H11ClF2O2. The van der Waals surface area contributed by atoms with Gasteiger partial charge in [0, 0.05) is 11.6 Å². The van der Waals surface area contributed by atoms with Gasteiger partial charge in [0.05, 0.1) is 17.7 Å². The van der Waals surface area contributed by atoms with Gasteiger partial charge >= 0.3 is 0 Å². The number of carbonyl (C=O) groups is 1. The van der Waals surface area contributed by atoms with Gasteiger partial charge < -0.3 is 4.74 Å². The summed E-state index contributed by atoms with van der Waals surface area (Å²) in [5.41, 5.74) is 0.194. The van der Waals surface area contributed by atoms with E-state index in [-0.39, 0.29) is 21.7 Å². The van der Waals surface area contributed by atoms with Crippen LogP contribution in [-0.4, -0.2) is 12.9 Å². The van der Waals surface area contributed by atoms with Crippen LogP contribution in [0.3, 0.4) is 0 Å². The van der Waals surface area contributed by atoms with Crippen molar-refractivity contribution in [2.24, 2.45) is 0 Å². The molecule has 0 heterocycles. The lowest BCUT2D eigenvalue weighted by Gasteiger charge is -2.08. The predicted molar refractivity (Wildman–Crippen MR) is 72.5 cm³/mol. The monoisotopic (exact) mass is 296 g/mol. The Labute approximate surface area is 119 Å². The number of hydrogen-bond acceptors (Lipinski definition) is 2. The number of aryl methyl sites for hydroxylation is 1. The molecule has 0 aliphatic carbocycles. The summed E-state index contributed by atoms with van der Waals surface area (Å²) in [6, 6.07) is 6.25. The number of halogens is 3. The van der Waals surface area contributed by atoms with E-state index in [1.165, 1.54) is 32.2 Å². The van der Waals surface area contributed by atoms with Crippen molar-refractivity contribution in [3.63, 3.8) is 0 Å². The Morgan fingerprint density at radius 2 is 1.80 bits per heavy atom. The third-order valence-corrected chi connectivity index (χ3v) is 3.23. The minimum absolute atomic E-state index is 0.0479. The molecule has 0 spiro atoms. The molecule has 2 nitrogen and oxygen atoms in total. The van der Waals surface area contributed by atoms with E-state index in [9.17, 15) is 13.6 Å². The normalized spacial score (nSPS) is 10.4. The topological polar surface area (TPSA) is 26.3 Å². The minimum Gasteiger partial charge on any atom is -0.497 e. The van der Waals surface area contributed by atoms with Gasteiger partial charge in [-0.3, -0.25) is 4.79 Å². The summed E-state index contributed by atoms with van der Waals surface area (Å²) in [7, 11) is 1.40. The van der Waals surface area contributed by atoms with Gasteiger partial charge in [-0.2, -0.15) is 0 Å². The van der Waals surface area contributed by atoms with Crippen molar-refractivity contribution in [1.82, 2.24) is 0 Å². The number of carbonyl (C=O) groups excluding carboxylic acids is 1. The number of hydrogen-bond donors (Lipinski definition) is 0. The highest BCUT2D eigenvalue weighted by molar-refractivity contribution is 6.35. The predicted octanol–water partition coefficient (Wildman–Crippen LogP) is 4.17. The van der Waals surface area contributed by atoms with Gasteiger partial charge in [0.1, 0.15) is 17.4 Å². The summed E-state index contributed by atoms with van der Waals surface area (Å²) in [5.74, 6) is -1.52. The van der Waals surface area contributed by atoms with E-state index in [4.69, 9.17) is 16.3 Å². The summed E-state index contributed by atoms with van der Waals surface area (Å²) in [5, 5.41) is -0.0479. The molecule has 0 aliphatic rings. The highest BCUT2D eigenvalue weighted by atomic mass is 35.5. The van der Waals surface area contributed by atoms with E-state index >= 15 is 0 Å². The summed E-state index contributed by atoms with van der Waals surface area (Å²) in [6.07, 6.45) is 0. The molecule has 0 bridgehead atoms. The third kappa shape index (κ3) is 2.65. The molecule has 2 aromatic rings. The zero-order valence-electron chi connectivity index (χ0n) is 10.8. The molecule has 0 unspecified atom stereocenters. The van der Waals surface area contributed by atoms with Crippen LogP contribution in [0.25, 0.3) is 0 Å². The minimum atomic E-state index is -0.715. The van der Waals surface area contributed by atoms with Gasteiger partial charge in [-0.05, 0) is 36.8 Å². The zero-order chi connectivity index (χ0) is 14.9. The van der Waals surface area contributed by atoms with Crippen LogP contribution in [0.4, 0.5) is 8.78 Å². The van der Waals surface area contributed by atoms with Crippen LogP contribution in [-0.2, 0) is 0 Å². The van der Waals surface area contributed by atoms with Crippen LogP contribution < -0.4 is 4.74 Å². The van der Waals surface area contributed by atoms with E-state index in [0.29, 0.717) is 5.75 Å². The van der Waals surface area contributed by atoms with Crippen molar-refractivity contribution in [2.45, 2.75) is 6.92 Å². The number of rotatable bonds is 3. The van der Waals surface area contributed by atoms with Crippen LogP contribution in [0, 0.1) is 18.6 Å². The Morgan fingerprint density at radius 3 is 2.40 bits per heavy atom. The first kappa shape index (κ1) is 14.5. The van der Waals surface area contributed by atoms with E-state index in [1.807, 2.05) is 0 Å². The summed E-state index contributed by atoms with van der Waals surface area (Å²) in [4.78, 5) is 12.3. The Morgan fingerprint density at radius 1 is 1.10 bits per heavy atom. The quantitative estimate of drug-likeness (QED) is 0.795. The summed E-state index contributed by atoms with van der Waals surface area (Å²) >= 11 is 5.85. The Kier molecular flexibility index (Phi) is 4.04. The first-order valence-electron chi connectivity index (χ1n) is 5.78. The molecule has 2 rings (SSSR count). The van der Waals surface area contributed by atoms with Crippen molar-refractivity contribution in [2.75, 3.05) is 7.11 Å². The standard InChI is InChI=1S/C15H11ClF2O2/c1-8-5-11(12(16)7-13(8)17)15(19)10-4-3-9(20-2)6-14(10)18/h3-7H,1-2H3. The van der Waals surface area contributed by atoms with Crippen molar-refractivity contribution in [3.05, 3.63) is 63.7 Å². The second-order valence-electron chi connectivity index (χ2n) is 4.26. The molecule has 5 heteroatoms. The number of methoxy groups -OCH3 is 1. The molecule has 0 N–H and O–H groups in total. The third-order valence-electron chi connectivity index (χ3n) is 2.91. The van der Waals surface area contributed by atoms with Crippen molar-refractivity contribution in [1.29, 1.82) is 0 Å². The van der Waals surface area contributed by atoms with Gasteiger partial charge in [0.2, 0.25) is 0 Å². The lowest BCUT2D eigenvalue weighted by Crippen LogP contribution is -2.06. The maximum Gasteiger partial charge on any atom is 0.197 e. The second kappa shape index (κ2) is 5.59. The maximum absolute atomic E-state index is 13.9. The first-order valence-corrected chi connectivity index (χ1v) is 6.15. The highest BCUT2D eigenvalue weighted by Crippen LogP contribution is 2.25. The Bertz CT molecular complexity index is 684. The lowest BCUT2D eigenvalue weighted by molar-refractivity contribution is 0.103. The maximum atomic E-state index is 13.9. The fraction of sp³-hybridized carbons (Fsp3) is 0.133. The SMILES string of the molecule is COc1ccc(C(=O)c2cc(C)c(F)cc2Cl)c(F)c1. The van der Waals surface area contributed by atoms with Crippen molar-refractivity contribution >= 4 is 17.4 Å². The Hall–Kier alpha value is -1.94. The number of ether oxygens (including phenoxy) is 1. The average Bonchev–Trinajstić information content (AvgIpc) is 2.42. The van der Waals surface area contributed by atoms with Crippen molar-refractivity contribution in [3.8, 4) is 5.75 Å². The fourth-order valence-corrected chi connectivity index (χ4v) is 2.02. The van der Waals surface area contributed by atoms with Crippen molar-refractivity contribution < 1.29 is 18.3 Å². The first-order chi connectivity index (χ1) is 9.43. The van der Waals surface area contributed by atoms with Crippen LogP contribution in [0.15, 0.2) is 30.3 Å². The molecule has 20 heavy (non-hydrogen) atoms. The van der Waals surface area contributed by atoms with Gasteiger partial charge in [-0.25, -0.2) is 8.78 Å².